The van der Waals surface area contributed by atoms with Crippen LogP contribution in [0.5, 0.6) is 0 Å². The molecule has 4 nitrogen and oxygen atoms in total. The lowest BCUT2D eigenvalue weighted by molar-refractivity contribution is 0.613. The van der Waals surface area contributed by atoms with Gasteiger partial charge in [-0.25, -0.2) is 4.98 Å². The minimum Gasteiger partial charge on any atom is -0.316 e. The van der Waals surface area contributed by atoms with E-state index in [9.17, 15) is 4.79 Å². The van der Waals surface area contributed by atoms with Crippen molar-refractivity contribution in [2.75, 3.05) is 13.1 Å². The second-order valence-corrected chi connectivity index (χ2v) is 4.99. The van der Waals surface area contributed by atoms with Gasteiger partial charge < -0.3 is 9.88 Å². The molecule has 19 heavy (non-hydrogen) atoms. The summed E-state index contributed by atoms with van der Waals surface area (Å²) < 4.78 is 1.52. The molecule has 1 aromatic carbocycles. The van der Waals surface area contributed by atoms with Gasteiger partial charge in [0, 0.05) is 7.05 Å². The molecule has 1 N–H and O–H groups in total. The van der Waals surface area contributed by atoms with Gasteiger partial charge in [0.15, 0.2) is 0 Å². The van der Waals surface area contributed by atoms with E-state index in [1.807, 2.05) is 18.2 Å². The summed E-state index contributed by atoms with van der Waals surface area (Å²) in [5.41, 5.74) is 3.31. The summed E-state index contributed by atoms with van der Waals surface area (Å²) in [7, 11) is 1.73. The third kappa shape index (κ3) is 2.44. The van der Waals surface area contributed by atoms with Gasteiger partial charge in [-0.1, -0.05) is 17.7 Å². The number of aryl methyl sites for hydroxylation is 1. The van der Waals surface area contributed by atoms with Crippen molar-refractivity contribution in [2.24, 2.45) is 7.05 Å². The zero-order valence-electron chi connectivity index (χ0n) is 11.0. The lowest BCUT2D eigenvalue weighted by Gasteiger charge is -2.15. The van der Waals surface area contributed by atoms with E-state index >= 15 is 0 Å². The third-order valence-electron chi connectivity index (χ3n) is 3.56. The van der Waals surface area contributed by atoms with Crippen LogP contribution in [0, 0.1) is 0 Å². The van der Waals surface area contributed by atoms with E-state index in [1.54, 1.807) is 13.4 Å². The van der Waals surface area contributed by atoms with Crippen LogP contribution in [-0.2, 0) is 7.05 Å². The highest BCUT2D eigenvalue weighted by Crippen LogP contribution is 2.17. The minimum atomic E-state index is 0.00978. The minimum absolute atomic E-state index is 0.00978. The Balaban J connectivity index is 2.06. The summed E-state index contributed by atoms with van der Waals surface area (Å²) in [4.78, 5) is 16.3. The quantitative estimate of drug-likeness (QED) is 0.843. The fraction of sp³-hybridized carbons (Fsp3) is 0.333. The third-order valence-corrected chi connectivity index (χ3v) is 3.56. The number of aromatic nitrogens is 2. The van der Waals surface area contributed by atoms with Crippen molar-refractivity contribution >= 4 is 17.0 Å². The summed E-state index contributed by atoms with van der Waals surface area (Å²) in [6.45, 7) is 2.09. The first-order valence-electron chi connectivity index (χ1n) is 6.59. The smallest absolute Gasteiger partial charge is 0.260 e. The highest BCUT2D eigenvalue weighted by Gasteiger charge is 2.06. The van der Waals surface area contributed by atoms with Crippen LogP contribution in [0.2, 0.25) is 0 Å². The first-order valence-corrected chi connectivity index (χ1v) is 6.59. The summed E-state index contributed by atoms with van der Waals surface area (Å²) in [6, 6.07) is 5.90. The Labute approximate surface area is 111 Å². The molecule has 1 aliphatic rings. The zero-order chi connectivity index (χ0) is 13.2. The predicted molar refractivity (Wildman–Crippen MR) is 77.1 cm³/mol. The largest absolute Gasteiger partial charge is 0.316 e. The molecule has 0 aliphatic carbocycles. The summed E-state index contributed by atoms with van der Waals surface area (Å²) in [6.07, 6.45) is 5.94. The van der Waals surface area contributed by atoms with Gasteiger partial charge in [0.05, 0.1) is 17.2 Å². The zero-order valence-corrected chi connectivity index (χ0v) is 11.0. The molecule has 2 heterocycles. The number of nitrogens with one attached hydrogen (secondary N) is 1. The van der Waals surface area contributed by atoms with Crippen molar-refractivity contribution < 1.29 is 0 Å². The van der Waals surface area contributed by atoms with Crippen LogP contribution in [0.25, 0.3) is 17.0 Å². The molecule has 98 valence electrons. The Morgan fingerprint density at radius 3 is 2.89 bits per heavy atom. The Hall–Kier alpha value is -1.94. The number of benzene rings is 1. The van der Waals surface area contributed by atoms with Gasteiger partial charge in [0.25, 0.3) is 5.56 Å². The normalized spacial score (nSPS) is 15.7. The highest BCUT2D eigenvalue weighted by atomic mass is 16.1. The lowest BCUT2D eigenvalue weighted by atomic mass is 10.0. The summed E-state index contributed by atoms with van der Waals surface area (Å²) >= 11 is 0. The summed E-state index contributed by atoms with van der Waals surface area (Å²) in [5.74, 6) is 0. The second-order valence-electron chi connectivity index (χ2n) is 4.99. The second kappa shape index (κ2) is 4.97. The average Bonchev–Trinajstić information content (AvgIpc) is 2.45. The molecule has 0 amide bonds. The van der Waals surface area contributed by atoms with Crippen LogP contribution in [0.1, 0.15) is 18.4 Å². The lowest BCUT2D eigenvalue weighted by Crippen LogP contribution is -2.22. The Kier molecular flexibility index (Phi) is 3.17. The topological polar surface area (TPSA) is 46.9 Å². The average molecular weight is 255 g/mol. The van der Waals surface area contributed by atoms with E-state index in [2.05, 4.69) is 16.4 Å². The molecular formula is C15H17N3O. The Morgan fingerprint density at radius 1 is 1.32 bits per heavy atom. The predicted octanol–water partition coefficient (Wildman–Crippen LogP) is 1.70. The van der Waals surface area contributed by atoms with Gasteiger partial charge in [-0.3, -0.25) is 4.79 Å². The summed E-state index contributed by atoms with van der Waals surface area (Å²) in [5, 5.41) is 4.03. The van der Waals surface area contributed by atoms with Crippen LogP contribution in [-0.4, -0.2) is 22.6 Å². The molecule has 1 aliphatic heterocycles. The van der Waals surface area contributed by atoms with Gasteiger partial charge >= 0.3 is 0 Å². The maximum absolute atomic E-state index is 12.1. The maximum Gasteiger partial charge on any atom is 0.260 e. The van der Waals surface area contributed by atoms with E-state index < -0.39 is 0 Å². The number of nitrogens with zero attached hydrogens (tertiary/aromatic N) is 2. The van der Waals surface area contributed by atoms with E-state index in [4.69, 9.17) is 0 Å². The molecule has 0 saturated carbocycles. The van der Waals surface area contributed by atoms with Crippen LogP contribution in [0.4, 0.5) is 0 Å². The van der Waals surface area contributed by atoms with Crippen LogP contribution in [0.15, 0.2) is 34.9 Å². The van der Waals surface area contributed by atoms with Crippen LogP contribution < -0.4 is 10.9 Å². The van der Waals surface area contributed by atoms with Crippen molar-refractivity contribution in [3.63, 3.8) is 0 Å². The van der Waals surface area contributed by atoms with Crippen molar-refractivity contribution in [1.29, 1.82) is 0 Å². The van der Waals surface area contributed by atoms with Crippen molar-refractivity contribution in [2.45, 2.75) is 12.8 Å². The maximum atomic E-state index is 12.1. The molecule has 4 heteroatoms. The molecule has 0 atom stereocenters. The molecule has 1 saturated heterocycles. The van der Waals surface area contributed by atoms with Gasteiger partial charge in [0.2, 0.25) is 0 Å². The van der Waals surface area contributed by atoms with Gasteiger partial charge in [-0.2, -0.15) is 0 Å². The van der Waals surface area contributed by atoms with E-state index in [0.717, 1.165) is 37.0 Å². The molecule has 2 aromatic rings. The monoisotopic (exact) mass is 255 g/mol. The van der Waals surface area contributed by atoms with Gasteiger partial charge in [-0.15, -0.1) is 0 Å². The number of hydrogen-bond acceptors (Lipinski definition) is 3. The van der Waals surface area contributed by atoms with Crippen LogP contribution in [0.3, 0.4) is 0 Å². The molecule has 0 spiro atoms. The van der Waals surface area contributed by atoms with E-state index in [1.165, 1.54) is 10.1 Å². The standard InChI is InChI=1S/C15H17N3O/c1-18-10-17-14-3-2-12(9-13(14)15(18)19)8-11-4-6-16-7-5-11/h2-3,8-10,16H,4-7H2,1H3. The molecule has 0 radical (unpaired) electrons. The number of rotatable bonds is 1. The van der Waals surface area contributed by atoms with Crippen molar-refractivity contribution in [3.8, 4) is 0 Å². The molecule has 3 rings (SSSR count). The first-order chi connectivity index (χ1) is 9.24. The van der Waals surface area contributed by atoms with Crippen molar-refractivity contribution in [1.82, 2.24) is 14.9 Å². The number of piperidine rings is 1. The first kappa shape index (κ1) is 12.1. The Bertz CT molecular complexity index is 692. The van der Waals surface area contributed by atoms with E-state index in [-0.39, 0.29) is 5.56 Å². The number of fused-ring (bicyclic) bond motifs is 1. The van der Waals surface area contributed by atoms with Crippen molar-refractivity contribution in [3.05, 3.63) is 46.0 Å². The Morgan fingerprint density at radius 2 is 2.11 bits per heavy atom. The van der Waals surface area contributed by atoms with E-state index in [0.29, 0.717) is 5.39 Å². The highest BCUT2D eigenvalue weighted by molar-refractivity contribution is 5.80. The molecule has 1 fully saturated rings. The van der Waals surface area contributed by atoms with Crippen LogP contribution >= 0.6 is 0 Å². The van der Waals surface area contributed by atoms with Gasteiger partial charge in [0.1, 0.15) is 0 Å². The SMILES string of the molecule is Cn1cnc2ccc(C=C3CCNCC3)cc2c1=O. The van der Waals surface area contributed by atoms with Gasteiger partial charge in [-0.05, 0) is 43.6 Å². The molecular weight excluding hydrogens is 238 g/mol. The molecule has 0 unspecified atom stereocenters. The fourth-order valence-corrected chi connectivity index (χ4v) is 2.45. The molecule has 0 bridgehead atoms. The fourth-order valence-electron chi connectivity index (χ4n) is 2.45. The molecule has 1 aromatic heterocycles. The number of hydrogen-bond donors (Lipinski definition) is 1.